The Labute approximate surface area is 224 Å². The highest BCUT2D eigenvalue weighted by atomic mass is 19.4. The van der Waals surface area contributed by atoms with E-state index in [1.807, 2.05) is 0 Å². The summed E-state index contributed by atoms with van der Waals surface area (Å²) in [5.74, 6) is -3.15. The Balaban J connectivity index is 1.53. The summed E-state index contributed by atoms with van der Waals surface area (Å²) in [6.45, 7) is 1.21. The van der Waals surface area contributed by atoms with Gasteiger partial charge < -0.3 is 14.8 Å². The molecule has 1 aliphatic carbocycles. The van der Waals surface area contributed by atoms with Crippen LogP contribution in [0, 0.1) is 15.9 Å². The number of ether oxygens (including phenoxy) is 2. The van der Waals surface area contributed by atoms with Gasteiger partial charge in [-0.25, -0.2) is 4.39 Å². The second kappa shape index (κ2) is 10.1. The molecule has 1 N–H and O–H groups in total. The fourth-order valence-corrected chi connectivity index (χ4v) is 5.12. The van der Waals surface area contributed by atoms with Crippen LogP contribution in [0.4, 0.5) is 40.3 Å². The van der Waals surface area contributed by atoms with Gasteiger partial charge in [0.25, 0.3) is 5.69 Å². The Hall–Kier alpha value is -4.68. The van der Waals surface area contributed by atoms with Gasteiger partial charge in [0.1, 0.15) is 23.9 Å². The topological polar surface area (TPSA) is 111 Å². The first kappa shape index (κ1) is 26.9. The highest BCUT2D eigenvalue weighted by Gasteiger charge is 2.47. The molecule has 1 unspecified atom stereocenters. The number of esters is 1. The number of nitrogens with zero attached hydrogens (tertiary/aromatic N) is 2. The van der Waals surface area contributed by atoms with Crippen LogP contribution in [0.3, 0.4) is 0 Å². The fraction of sp³-hybridized carbons (Fsp3) is 0.259. The number of fused-ring (bicyclic) bond motifs is 2. The predicted octanol–water partition coefficient (Wildman–Crippen LogP) is 6.06. The van der Waals surface area contributed by atoms with Gasteiger partial charge in [0.2, 0.25) is 0 Å². The zero-order chi connectivity index (χ0) is 28.8. The number of hydrogen-bond acceptors (Lipinski definition) is 7. The van der Waals surface area contributed by atoms with E-state index in [0.717, 1.165) is 18.2 Å². The number of rotatable bonds is 6. The third-order valence-corrected chi connectivity index (χ3v) is 6.76. The summed E-state index contributed by atoms with van der Waals surface area (Å²) in [6.07, 6.45) is -5.55. The molecule has 5 rings (SSSR count). The van der Waals surface area contributed by atoms with Crippen molar-refractivity contribution in [2.45, 2.75) is 38.1 Å². The molecule has 2 aliphatic rings. The van der Waals surface area contributed by atoms with Crippen molar-refractivity contribution in [3.63, 3.8) is 0 Å². The molecule has 40 heavy (non-hydrogen) atoms. The summed E-state index contributed by atoms with van der Waals surface area (Å²) in [5.41, 5.74) is 1.18. The third-order valence-electron chi connectivity index (χ3n) is 6.76. The maximum Gasteiger partial charge on any atom is 0.471 e. The highest BCUT2D eigenvalue weighted by molar-refractivity contribution is 5.98. The second-order valence-corrected chi connectivity index (χ2v) is 9.28. The lowest BCUT2D eigenvalue weighted by Gasteiger charge is -2.31. The zero-order valence-electron chi connectivity index (χ0n) is 20.8. The lowest BCUT2D eigenvalue weighted by atomic mass is 10.0. The molecule has 0 saturated heterocycles. The van der Waals surface area contributed by atoms with Crippen LogP contribution in [0.15, 0.2) is 54.6 Å². The second-order valence-electron chi connectivity index (χ2n) is 9.28. The minimum atomic E-state index is -5.19. The monoisotopic (exact) mass is 559 g/mol. The van der Waals surface area contributed by atoms with Crippen molar-refractivity contribution in [2.24, 2.45) is 0 Å². The first-order valence-corrected chi connectivity index (χ1v) is 12.1. The number of amides is 1. The molecular formula is C27H21F4N3O6. The normalized spacial score (nSPS) is 17.4. The molecule has 0 spiro atoms. The molecular weight excluding hydrogens is 538 g/mol. The molecule has 13 heteroatoms. The molecule has 0 bridgehead atoms. The SMILES string of the molecule is CC(=O)O[C@@H]1COc2cc(N(C(=O)C(F)(F)F)C3CCc4c(Nc5cc(F)ccc5[N+](=O)[O-])cccc43)ccc21. The van der Waals surface area contributed by atoms with Gasteiger partial charge in [0.15, 0.2) is 6.10 Å². The molecule has 0 radical (unpaired) electrons. The quantitative estimate of drug-likeness (QED) is 0.169. The molecule has 3 aromatic carbocycles. The molecule has 208 valence electrons. The van der Waals surface area contributed by atoms with E-state index in [9.17, 15) is 37.3 Å². The number of nitrogens with one attached hydrogen (secondary N) is 1. The maximum absolute atomic E-state index is 13.9. The summed E-state index contributed by atoms with van der Waals surface area (Å²) in [7, 11) is 0. The number of anilines is 3. The molecule has 0 aromatic heterocycles. The van der Waals surface area contributed by atoms with Crippen molar-refractivity contribution in [3.8, 4) is 5.75 Å². The minimum absolute atomic E-state index is 0.0148. The van der Waals surface area contributed by atoms with Gasteiger partial charge in [-0.2, -0.15) is 13.2 Å². The molecule has 9 nitrogen and oxygen atoms in total. The number of nitro groups is 1. The first-order chi connectivity index (χ1) is 18.9. The van der Waals surface area contributed by atoms with Crippen molar-refractivity contribution in [1.29, 1.82) is 0 Å². The van der Waals surface area contributed by atoms with Crippen LogP contribution in [-0.4, -0.2) is 29.6 Å². The molecule has 1 amide bonds. The number of hydrogen-bond donors (Lipinski definition) is 1. The largest absolute Gasteiger partial charge is 0.489 e. The summed E-state index contributed by atoms with van der Waals surface area (Å²) in [6, 6.07) is 10.7. The lowest BCUT2D eigenvalue weighted by molar-refractivity contribution is -0.384. The Morgan fingerprint density at radius 2 is 1.88 bits per heavy atom. The highest BCUT2D eigenvalue weighted by Crippen LogP contribution is 2.46. The Morgan fingerprint density at radius 3 is 2.58 bits per heavy atom. The van der Waals surface area contributed by atoms with Gasteiger partial charge in [-0.05, 0) is 48.2 Å². The van der Waals surface area contributed by atoms with Gasteiger partial charge in [0, 0.05) is 42.1 Å². The molecule has 0 fully saturated rings. The van der Waals surface area contributed by atoms with Crippen LogP contribution in [0.1, 0.15) is 42.2 Å². The van der Waals surface area contributed by atoms with E-state index in [0.29, 0.717) is 27.3 Å². The molecule has 1 heterocycles. The van der Waals surface area contributed by atoms with Crippen molar-refractivity contribution in [1.82, 2.24) is 0 Å². The van der Waals surface area contributed by atoms with E-state index in [1.165, 1.54) is 31.2 Å². The summed E-state index contributed by atoms with van der Waals surface area (Å²) in [4.78, 5) is 35.5. The van der Waals surface area contributed by atoms with Crippen LogP contribution in [-0.2, 0) is 20.7 Å². The molecule has 2 atom stereocenters. The summed E-state index contributed by atoms with van der Waals surface area (Å²) >= 11 is 0. The van der Waals surface area contributed by atoms with E-state index in [2.05, 4.69) is 5.32 Å². The van der Waals surface area contributed by atoms with Crippen LogP contribution in [0.5, 0.6) is 5.75 Å². The van der Waals surface area contributed by atoms with Crippen molar-refractivity contribution < 1.29 is 41.5 Å². The van der Waals surface area contributed by atoms with Crippen molar-refractivity contribution >= 4 is 34.6 Å². The van der Waals surface area contributed by atoms with Crippen LogP contribution in [0.2, 0.25) is 0 Å². The molecule has 0 saturated carbocycles. The third kappa shape index (κ3) is 5.01. The van der Waals surface area contributed by atoms with E-state index >= 15 is 0 Å². The average molecular weight is 559 g/mol. The van der Waals surface area contributed by atoms with Gasteiger partial charge in [-0.3, -0.25) is 24.6 Å². The number of alkyl halides is 3. The minimum Gasteiger partial charge on any atom is -0.489 e. The number of benzene rings is 3. The number of halogens is 4. The van der Waals surface area contributed by atoms with Gasteiger partial charge >= 0.3 is 18.1 Å². The molecule has 1 aliphatic heterocycles. The van der Waals surface area contributed by atoms with Gasteiger partial charge in [-0.1, -0.05) is 12.1 Å². The van der Waals surface area contributed by atoms with E-state index in [1.54, 1.807) is 12.1 Å². The Kier molecular flexibility index (Phi) is 6.82. The maximum atomic E-state index is 13.9. The smallest absolute Gasteiger partial charge is 0.471 e. The van der Waals surface area contributed by atoms with Crippen LogP contribution < -0.4 is 15.0 Å². The van der Waals surface area contributed by atoms with Crippen molar-refractivity contribution in [3.05, 3.63) is 87.2 Å². The summed E-state index contributed by atoms with van der Waals surface area (Å²) in [5, 5.41) is 14.3. The first-order valence-electron chi connectivity index (χ1n) is 12.1. The number of nitro benzene ring substituents is 1. The zero-order valence-corrected chi connectivity index (χ0v) is 20.8. The van der Waals surface area contributed by atoms with E-state index in [4.69, 9.17) is 9.47 Å². The lowest BCUT2D eigenvalue weighted by Crippen LogP contribution is -2.43. The van der Waals surface area contributed by atoms with Crippen molar-refractivity contribution in [2.75, 3.05) is 16.8 Å². The van der Waals surface area contributed by atoms with Gasteiger partial charge in [-0.15, -0.1) is 0 Å². The molecule has 3 aromatic rings. The predicted molar refractivity (Wildman–Crippen MR) is 134 cm³/mol. The number of carbonyl (C=O) groups is 2. The van der Waals surface area contributed by atoms with Gasteiger partial charge in [0.05, 0.1) is 11.0 Å². The van der Waals surface area contributed by atoms with E-state index in [-0.39, 0.29) is 42.3 Å². The Morgan fingerprint density at radius 1 is 1.10 bits per heavy atom. The van der Waals surface area contributed by atoms with Crippen LogP contribution >= 0.6 is 0 Å². The number of carbonyl (C=O) groups excluding carboxylic acids is 2. The fourth-order valence-electron chi connectivity index (χ4n) is 5.12. The van der Waals surface area contributed by atoms with E-state index < -0.39 is 40.9 Å². The van der Waals surface area contributed by atoms with Crippen LogP contribution in [0.25, 0.3) is 0 Å². The standard InChI is InChI=1S/C27H21F4N3O6/c1-14(35)40-25-13-39-24-12-16(6-7-19(24)25)33(26(36)27(29,30)31)22-10-8-17-18(22)3-2-4-20(17)32-21-11-15(28)5-9-23(21)34(37)38/h2-7,9,11-12,22,25,32H,8,10,13H2,1H3/t22?,25-/m1/s1. The average Bonchev–Trinajstić information content (AvgIpc) is 3.48. The summed E-state index contributed by atoms with van der Waals surface area (Å²) < 4.78 is 66.1. The Bertz CT molecular complexity index is 1530.